The zero-order chi connectivity index (χ0) is 38.0. The van der Waals surface area contributed by atoms with Crippen LogP contribution >= 0.6 is 0 Å². The Morgan fingerprint density at radius 3 is 0.927 bits per heavy atom. The zero-order valence-electron chi connectivity index (χ0n) is 28.5. The molecule has 12 nitrogen and oxygen atoms in total. The standard InChI is InChI=1S/2C20H14N2O4S.Ba/c2*23-17-11-9-13-5-1-3-7-15(13)19(17)21-22-20-16-8-4-2-6-14(16)10-12-18(20)27(24,25)26;/h2*1-12,23H,(H,24,25,26);/p-2. The molecule has 0 amide bonds. The van der Waals surface area contributed by atoms with Gasteiger partial charge in [0.25, 0.3) is 0 Å². The summed E-state index contributed by atoms with van der Waals surface area (Å²) < 4.78 is 70.1. The Kier molecular flexibility index (Phi) is 11.8. The Morgan fingerprint density at radius 2 is 0.618 bits per heavy atom. The van der Waals surface area contributed by atoms with Crippen LogP contribution in [0.4, 0.5) is 22.7 Å². The first-order chi connectivity index (χ1) is 25.9. The molecular weight excluding hydrogens is 866 g/mol. The molecule has 0 spiro atoms. The van der Waals surface area contributed by atoms with Crippen molar-refractivity contribution in [2.45, 2.75) is 9.79 Å². The predicted molar refractivity (Wildman–Crippen MR) is 209 cm³/mol. The number of phenols is 2. The molecule has 0 unspecified atom stereocenters. The normalized spacial score (nSPS) is 12.0. The summed E-state index contributed by atoms with van der Waals surface area (Å²) >= 11 is 0. The number of benzene rings is 8. The first-order valence-electron chi connectivity index (χ1n) is 16.1. The van der Waals surface area contributed by atoms with Crippen LogP contribution in [0.1, 0.15) is 0 Å². The molecule has 0 heterocycles. The summed E-state index contributed by atoms with van der Waals surface area (Å²) in [4.78, 5) is -0.908. The SMILES string of the molecule is O=S(=O)([O-])c1ccc2ccccc2c1N=Nc1c(O)ccc2ccccc12.O=S(=O)([O-])c1ccc2ccccc2c1N=Nc1c(O)ccc2ccccc12.[Ba]. The van der Waals surface area contributed by atoms with E-state index in [0.717, 1.165) is 21.5 Å². The zero-order valence-corrected chi connectivity index (χ0v) is 34.6. The molecule has 0 saturated carbocycles. The Balaban J connectivity index is 0.000000184. The second kappa shape index (κ2) is 16.4. The van der Waals surface area contributed by atoms with Crippen molar-refractivity contribution >= 4 is 135 Å². The number of fused-ring (bicyclic) bond motifs is 4. The summed E-state index contributed by atoms with van der Waals surface area (Å²) in [5.74, 6) is -0.187. The minimum absolute atomic E-state index is 0. The van der Waals surface area contributed by atoms with Gasteiger partial charge in [-0.2, -0.15) is 0 Å². The van der Waals surface area contributed by atoms with Crippen LogP contribution in [-0.2, 0) is 20.2 Å². The molecule has 15 heteroatoms. The van der Waals surface area contributed by atoms with E-state index in [-0.39, 0.29) is 83.1 Å². The first-order valence-corrected chi connectivity index (χ1v) is 18.9. The number of azo groups is 2. The van der Waals surface area contributed by atoms with Crippen LogP contribution in [0.3, 0.4) is 0 Å². The maximum absolute atomic E-state index is 11.7. The Bertz CT molecular complexity index is 2840. The molecule has 0 atom stereocenters. The number of hydrogen-bond donors (Lipinski definition) is 2. The van der Waals surface area contributed by atoms with Gasteiger partial charge in [-0.3, -0.25) is 0 Å². The molecule has 0 saturated heterocycles. The molecule has 0 aliphatic rings. The molecule has 8 aromatic rings. The minimum atomic E-state index is -4.75. The van der Waals surface area contributed by atoms with Gasteiger partial charge in [-0.25, -0.2) is 16.8 Å². The molecule has 0 fully saturated rings. The minimum Gasteiger partial charge on any atom is -0.744 e. The fourth-order valence-corrected chi connectivity index (χ4v) is 7.22. The number of hydrogen-bond acceptors (Lipinski definition) is 12. The van der Waals surface area contributed by atoms with Gasteiger partial charge in [0.05, 0.1) is 9.79 Å². The number of rotatable bonds is 6. The van der Waals surface area contributed by atoms with Gasteiger partial charge in [0.1, 0.15) is 54.5 Å². The second-order valence-electron chi connectivity index (χ2n) is 11.9. The van der Waals surface area contributed by atoms with Gasteiger partial charge in [-0.05, 0) is 45.8 Å². The first kappa shape index (κ1) is 39.7. The summed E-state index contributed by atoms with van der Waals surface area (Å²) in [5, 5.41) is 42.2. The van der Waals surface area contributed by atoms with Crippen molar-refractivity contribution in [2.75, 3.05) is 0 Å². The van der Waals surface area contributed by atoms with Gasteiger partial charge in [0.15, 0.2) is 0 Å². The molecule has 0 bridgehead atoms. The van der Waals surface area contributed by atoms with E-state index in [1.54, 1.807) is 97.1 Å². The molecule has 2 N–H and O–H groups in total. The largest absolute Gasteiger partial charge is 0.744 e. The summed E-state index contributed by atoms with van der Waals surface area (Å²) in [6, 6.07) is 40.5. The fourth-order valence-electron chi connectivity index (χ4n) is 5.98. The summed E-state index contributed by atoms with van der Waals surface area (Å²) in [6.07, 6.45) is 0. The number of nitrogens with zero attached hydrogens (tertiary/aromatic N) is 4. The maximum atomic E-state index is 11.7. The van der Waals surface area contributed by atoms with Crippen molar-refractivity contribution < 1.29 is 36.2 Å². The van der Waals surface area contributed by atoms with Crippen molar-refractivity contribution in [1.29, 1.82) is 0 Å². The third kappa shape index (κ3) is 8.47. The third-order valence-corrected chi connectivity index (χ3v) is 10.3. The van der Waals surface area contributed by atoms with Crippen LogP contribution in [0.25, 0.3) is 43.1 Å². The molecule has 55 heavy (non-hydrogen) atoms. The van der Waals surface area contributed by atoms with E-state index in [2.05, 4.69) is 20.5 Å². The van der Waals surface area contributed by atoms with Gasteiger partial charge in [0.2, 0.25) is 0 Å². The second-order valence-corrected chi connectivity index (χ2v) is 14.6. The van der Waals surface area contributed by atoms with E-state index in [0.29, 0.717) is 21.5 Å². The van der Waals surface area contributed by atoms with Gasteiger partial charge < -0.3 is 19.3 Å². The monoisotopic (exact) mass is 892 g/mol. The van der Waals surface area contributed by atoms with Crippen LogP contribution in [0, 0.1) is 0 Å². The third-order valence-electron chi connectivity index (χ3n) is 8.52. The molecule has 0 aliphatic carbocycles. The van der Waals surface area contributed by atoms with Crippen molar-refractivity contribution in [3.8, 4) is 11.5 Å². The van der Waals surface area contributed by atoms with Crippen LogP contribution < -0.4 is 0 Å². The van der Waals surface area contributed by atoms with Gasteiger partial charge in [0, 0.05) is 70.4 Å². The average molecular weight is 892 g/mol. The number of phenolic OH excluding ortho intramolecular Hbond substituents is 2. The maximum Gasteiger partial charge on any atom is 0.143 e. The molecule has 8 aromatic carbocycles. The molecule has 0 aliphatic heterocycles. The average Bonchev–Trinajstić information content (AvgIpc) is 3.16. The van der Waals surface area contributed by atoms with E-state index in [1.165, 1.54) is 24.3 Å². The van der Waals surface area contributed by atoms with Crippen molar-refractivity contribution in [1.82, 2.24) is 0 Å². The topological polar surface area (TPSA) is 204 Å². The predicted octanol–water partition coefficient (Wildman–Crippen LogP) is 9.66. The van der Waals surface area contributed by atoms with Gasteiger partial charge in [-0.1, -0.05) is 121 Å². The summed E-state index contributed by atoms with van der Waals surface area (Å²) in [7, 11) is -9.50. The van der Waals surface area contributed by atoms with E-state index in [1.807, 2.05) is 24.3 Å². The van der Waals surface area contributed by atoms with E-state index < -0.39 is 30.0 Å². The van der Waals surface area contributed by atoms with E-state index in [9.17, 15) is 36.2 Å². The van der Waals surface area contributed by atoms with Crippen LogP contribution in [0.5, 0.6) is 11.5 Å². The Hall–Kier alpha value is -5.01. The van der Waals surface area contributed by atoms with E-state index in [4.69, 9.17) is 0 Å². The fraction of sp³-hybridized carbons (Fsp3) is 0. The quantitative estimate of drug-likeness (QED) is 0.0932. The summed E-state index contributed by atoms with van der Waals surface area (Å²) in [5.41, 5.74) is 0.316. The molecule has 270 valence electrons. The van der Waals surface area contributed by atoms with Crippen LogP contribution in [0.2, 0.25) is 0 Å². The Morgan fingerprint density at radius 1 is 0.364 bits per heavy atom. The van der Waals surface area contributed by atoms with Crippen molar-refractivity contribution in [3.63, 3.8) is 0 Å². The molecule has 2 radical (unpaired) electrons. The van der Waals surface area contributed by atoms with Crippen LogP contribution in [0.15, 0.2) is 176 Å². The van der Waals surface area contributed by atoms with Crippen molar-refractivity contribution in [3.05, 3.63) is 146 Å². The smallest absolute Gasteiger partial charge is 0.143 e. The van der Waals surface area contributed by atoms with Crippen LogP contribution in [-0.4, -0.2) is 85.0 Å². The molecular formula is C40H26BaN4O8S2-2. The van der Waals surface area contributed by atoms with E-state index >= 15 is 0 Å². The van der Waals surface area contributed by atoms with Gasteiger partial charge >= 0.3 is 0 Å². The Labute approximate surface area is 355 Å². The van der Waals surface area contributed by atoms with Crippen molar-refractivity contribution in [2.24, 2.45) is 20.5 Å². The number of aromatic hydroxyl groups is 2. The summed E-state index contributed by atoms with van der Waals surface area (Å²) in [6.45, 7) is 0. The molecule has 0 aromatic heterocycles. The van der Waals surface area contributed by atoms with Gasteiger partial charge in [-0.15, -0.1) is 20.5 Å². The molecule has 8 rings (SSSR count).